The normalized spacial score (nSPS) is 10.2. The third-order valence-electron chi connectivity index (χ3n) is 2.42. The molecule has 0 atom stereocenters. The topological polar surface area (TPSA) is 56.9 Å². The first kappa shape index (κ1) is 14.0. The van der Waals surface area contributed by atoms with Crippen molar-refractivity contribution in [3.63, 3.8) is 0 Å². The Kier molecular flexibility index (Phi) is 4.57. The number of aryl methyl sites for hydroxylation is 1. The molecule has 1 heterocycles. The fraction of sp³-hybridized carbons (Fsp3) is 0.167. The predicted molar refractivity (Wildman–Crippen MR) is 81.2 cm³/mol. The summed E-state index contributed by atoms with van der Waals surface area (Å²) in [7, 11) is 0. The first-order chi connectivity index (χ1) is 9.04. The summed E-state index contributed by atoms with van der Waals surface area (Å²) in [6, 6.07) is 7.12. The predicted octanol–water partition coefficient (Wildman–Crippen LogP) is 3.45. The van der Waals surface area contributed by atoms with E-state index in [0.717, 1.165) is 16.3 Å². The van der Waals surface area contributed by atoms with Crippen LogP contribution in [-0.2, 0) is 11.2 Å². The highest BCUT2D eigenvalue weighted by molar-refractivity contribution is 7.73. The molecule has 0 fully saturated rings. The fourth-order valence-corrected chi connectivity index (χ4v) is 2.98. The van der Waals surface area contributed by atoms with Crippen molar-refractivity contribution in [1.29, 1.82) is 0 Å². The lowest BCUT2D eigenvalue weighted by atomic mass is 10.3. The number of nitrogens with one attached hydrogen (secondary N) is 3. The minimum absolute atomic E-state index is 0.131. The van der Waals surface area contributed by atoms with Crippen molar-refractivity contribution in [3.05, 3.63) is 43.8 Å². The number of H-pyrrole nitrogens is 1. The molecule has 2 aromatic rings. The molecular weight excluding hydrogens is 302 g/mol. The van der Waals surface area contributed by atoms with E-state index in [1.54, 1.807) is 18.2 Å². The Bertz CT molecular complexity index is 650. The van der Waals surface area contributed by atoms with E-state index in [-0.39, 0.29) is 12.3 Å². The van der Waals surface area contributed by atoms with E-state index < -0.39 is 0 Å². The monoisotopic (exact) mass is 313 g/mol. The maximum atomic E-state index is 11.8. The number of rotatable bonds is 4. The molecule has 4 nitrogen and oxygen atoms in total. The van der Waals surface area contributed by atoms with E-state index in [0.29, 0.717) is 8.98 Å². The van der Waals surface area contributed by atoms with E-state index in [9.17, 15) is 4.79 Å². The summed E-state index contributed by atoms with van der Waals surface area (Å²) < 4.78 is 0.683. The van der Waals surface area contributed by atoms with Gasteiger partial charge in [0.1, 0.15) is 0 Å². The van der Waals surface area contributed by atoms with Gasteiger partial charge in [-0.1, -0.05) is 17.7 Å². The zero-order chi connectivity index (χ0) is 13.8. The van der Waals surface area contributed by atoms with Gasteiger partial charge in [0.25, 0.3) is 0 Å². The fourth-order valence-electron chi connectivity index (χ4n) is 1.50. The molecule has 0 saturated heterocycles. The lowest BCUT2D eigenvalue weighted by Crippen LogP contribution is -2.30. The lowest BCUT2D eigenvalue weighted by Gasteiger charge is -2.08. The average Bonchev–Trinajstić information content (AvgIpc) is 2.65. The van der Waals surface area contributed by atoms with Gasteiger partial charge in [-0.05, 0) is 37.3 Å². The SMILES string of the molecule is Cc1[nH]c(=S)sc1CC(=O)NNc1cccc(Cl)c1. The molecule has 0 aliphatic heterocycles. The van der Waals surface area contributed by atoms with Crippen LogP contribution in [0.25, 0.3) is 0 Å². The van der Waals surface area contributed by atoms with Crippen LogP contribution in [0.1, 0.15) is 10.6 Å². The third-order valence-corrected chi connectivity index (χ3v) is 3.99. The number of carbonyl (C=O) groups excluding carboxylic acids is 1. The minimum atomic E-state index is -0.131. The van der Waals surface area contributed by atoms with Gasteiger partial charge in [-0.2, -0.15) is 0 Å². The van der Waals surface area contributed by atoms with E-state index in [4.69, 9.17) is 23.8 Å². The van der Waals surface area contributed by atoms with Crippen LogP contribution in [0.3, 0.4) is 0 Å². The van der Waals surface area contributed by atoms with Crippen LogP contribution in [0.15, 0.2) is 24.3 Å². The van der Waals surface area contributed by atoms with E-state index in [1.165, 1.54) is 11.3 Å². The van der Waals surface area contributed by atoms with Crippen LogP contribution >= 0.6 is 35.2 Å². The number of carbonyl (C=O) groups is 1. The molecule has 100 valence electrons. The second-order valence-corrected chi connectivity index (χ2v) is 6.13. The van der Waals surface area contributed by atoms with Crippen LogP contribution in [0.2, 0.25) is 5.02 Å². The Hall–Kier alpha value is -1.37. The Balaban J connectivity index is 1.92. The highest BCUT2D eigenvalue weighted by Crippen LogP contribution is 2.16. The Labute approximate surface area is 124 Å². The molecule has 0 radical (unpaired) electrons. The van der Waals surface area contributed by atoms with Crippen molar-refractivity contribution in [3.8, 4) is 0 Å². The summed E-state index contributed by atoms with van der Waals surface area (Å²) in [6.45, 7) is 1.90. The van der Waals surface area contributed by atoms with Gasteiger partial charge in [0, 0.05) is 15.6 Å². The molecule has 0 aliphatic carbocycles. The lowest BCUT2D eigenvalue weighted by molar-refractivity contribution is -0.119. The van der Waals surface area contributed by atoms with Crippen LogP contribution in [-0.4, -0.2) is 10.9 Å². The second kappa shape index (κ2) is 6.18. The van der Waals surface area contributed by atoms with Crippen LogP contribution in [0.4, 0.5) is 5.69 Å². The molecular formula is C12H12ClN3OS2. The first-order valence-corrected chi connectivity index (χ1v) is 7.14. The maximum absolute atomic E-state index is 11.8. The number of thiazole rings is 1. The van der Waals surface area contributed by atoms with Crippen molar-refractivity contribution in [2.75, 3.05) is 5.43 Å². The van der Waals surface area contributed by atoms with Crippen LogP contribution in [0, 0.1) is 10.9 Å². The summed E-state index contributed by atoms with van der Waals surface area (Å²) >= 11 is 12.3. The van der Waals surface area contributed by atoms with Gasteiger partial charge in [0.05, 0.1) is 12.1 Å². The summed E-state index contributed by atoms with van der Waals surface area (Å²) in [4.78, 5) is 15.7. The van der Waals surface area contributed by atoms with Gasteiger partial charge in [0.2, 0.25) is 5.91 Å². The number of hydrogen-bond donors (Lipinski definition) is 3. The standard InChI is InChI=1S/C12H12ClN3OS2/c1-7-10(19-12(18)14-7)6-11(17)16-15-9-4-2-3-8(13)5-9/h2-5,15H,6H2,1H3,(H,14,18)(H,16,17). The number of anilines is 1. The van der Waals surface area contributed by atoms with Gasteiger partial charge in [-0.15, -0.1) is 11.3 Å². The number of amides is 1. The quantitative estimate of drug-likeness (QED) is 0.598. The van der Waals surface area contributed by atoms with Crippen molar-refractivity contribution < 1.29 is 4.79 Å². The Morgan fingerprint density at radius 3 is 2.95 bits per heavy atom. The van der Waals surface area contributed by atoms with E-state index in [1.807, 2.05) is 13.0 Å². The molecule has 0 unspecified atom stereocenters. The Morgan fingerprint density at radius 1 is 1.53 bits per heavy atom. The summed E-state index contributed by atoms with van der Waals surface area (Å²) in [5.41, 5.74) is 7.11. The van der Waals surface area contributed by atoms with Crippen molar-refractivity contribution >= 4 is 46.8 Å². The summed E-state index contributed by atoms with van der Waals surface area (Å²) in [5, 5.41) is 0.610. The van der Waals surface area contributed by atoms with Crippen molar-refractivity contribution in [2.45, 2.75) is 13.3 Å². The van der Waals surface area contributed by atoms with Crippen molar-refractivity contribution in [1.82, 2.24) is 10.4 Å². The number of aromatic amines is 1. The number of hydrazine groups is 1. The molecule has 0 saturated carbocycles. The molecule has 3 N–H and O–H groups in total. The average molecular weight is 314 g/mol. The van der Waals surface area contributed by atoms with Gasteiger partial charge in [-0.3, -0.25) is 15.6 Å². The van der Waals surface area contributed by atoms with Gasteiger partial charge >= 0.3 is 0 Å². The molecule has 0 bridgehead atoms. The Morgan fingerprint density at radius 2 is 2.32 bits per heavy atom. The smallest absolute Gasteiger partial charge is 0.243 e. The number of hydrogen-bond acceptors (Lipinski definition) is 4. The second-order valence-electron chi connectivity index (χ2n) is 3.92. The molecule has 1 amide bonds. The van der Waals surface area contributed by atoms with Gasteiger partial charge < -0.3 is 4.98 Å². The summed E-state index contributed by atoms with van der Waals surface area (Å²) in [5.74, 6) is -0.131. The molecule has 7 heteroatoms. The number of benzene rings is 1. The zero-order valence-corrected chi connectivity index (χ0v) is 12.5. The van der Waals surface area contributed by atoms with Crippen LogP contribution in [0.5, 0.6) is 0 Å². The van der Waals surface area contributed by atoms with E-state index >= 15 is 0 Å². The number of aromatic nitrogens is 1. The largest absolute Gasteiger partial charge is 0.341 e. The summed E-state index contributed by atoms with van der Waals surface area (Å²) in [6.07, 6.45) is 0.289. The highest BCUT2D eigenvalue weighted by Gasteiger charge is 2.08. The molecule has 1 aromatic carbocycles. The zero-order valence-electron chi connectivity index (χ0n) is 10.1. The third kappa shape index (κ3) is 4.05. The molecule has 0 aliphatic rings. The maximum Gasteiger partial charge on any atom is 0.243 e. The highest BCUT2D eigenvalue weighted by atomic mass is 35.5. The van der Waals surface area contributed by atoms with Crippen LogP contribution < -0.4 is 10.9 Å². The molecule has 1 aromatic heterocycles. The molecule has 2 rings (SSSR count). The van der Waals surface area contributed by atoms with E-state index in [2.05, 4.69) is 15.8 Å². The first-order valence-electron chi connectivity index (χ1n) is 5.53. The van der Waals surface area contributed by atoms with Gasteiger partial charge in [-0.25, -0.2) is 0 Å². The molecule has 19 heavy (non-hydrogen) atoms. The minimum Gasteiger partial charge on any atom is -0.341 e. The van der Waals surface area contributed by atoms with Gasteiger partial charge in [0.15, 0.2) is 3.95 Å². The van der Waals surface area contributed by atoms with Crippen molar-refractivity contribution in [2.24, 2.45) is 0 Å². The number of halogens is 1. The molecule has 0 spiro atoms.